The Morgan fingerprint density at radius 3 is 2.62 bits per heavy atom. The van der Waals surface area contributed by atoms with Gasteiger partial charge in [-0.25, -0.2) is 0 Å². The second kappa shape index (κ2) is 5.56. The third-order valence-electron chi connectivity index (χ3n) is 3.04. The zero-order valence-electron chi connectivity index (χ0n) is 10.7. The zero-order chi connectivity index (χ0) is 15.0. The van der Waals surface area contributed by atoms with E-state index in [-0.39, 0.29) is 5.91 Å². The molecule has 1 heterocycles. The van der Waals surface area contributed by atoms with E-state index in [0.29, 0.717) is 26.3 Å². The van der Waals surface area contributed by atoms with Crippen LogP contribution in [-0.4, -0.2) is 5.91 Å². The Morgan fingerprint density at radius 2 is 1.86 bits per heavy atom. The number of nitrogen functional groups attached to an aromatic ring is 1. The molecular weight excluding hydrogens is 327 g/mol. The van der Waals surface area contributed by atoms with Crippen molar-refractivity contribution in [1.29, 1.82) is 0 Å². The Bertz CT molecular complexity index is 845. The minimum Gasteiger partial charge on any atom is -0.397 e. The fourth-order valence-corrected chi connectivity index (χ4v) is 3.38. The van der Waals surface area contributed by atoms with Gasteiger partial charge in [0.2, 0.25) is 0 Å². The molecule has 0 aliphatic carbocycles. The highest BCUT2D eigenvalue weighted by molar-refractivity contribution is 7.21. The van der Waals surface area contributed by atoms with Crippen molar-refractivity contribution >= 4 is 61.9 Å². The van der Waals surface area contributed by atoms with Crippen molar-refractivity contribution in [2.45, 2.75) is 0 Å². The van der Waals surface area contributed by atoms with Gasteiger partial charge in [0.05, 0.1) is 21.4 Å². The Balaban J connectivity index is 1.97. The van der Waals surface area contributed by atoms with Crippen molar-refractivity contribution in [3.8, 4) is 0 Å². The van der Waals surface area contributed by atoms with Gasteiger partial charge < -0.3 is 11.1 Å². The van der Waals surface area contributed by atoms with Crippen LogP contribution in [0, 0.1) is 0 Å². The number of hydrogen-bond acceptors (Lipinski definition) is 3. The van der Waals surface area contributed by atoms with Crippen molar-refractivity contribution in [3.63, 3.8) is 0 Å². The molecule has 0 bridgehead atoms. The average Bonchev–Trinajstić information content (AvgIpc) is 2.82. The molecule has 0 fully saturated rings. The fraction of sp³-hybridized carbons (Fsp3) is 0. The topological polar surface area (TPSA) is 55.1 Å². The van der Waals surface area contributed by atoms with Crippen LogP contribution >= 0.6 is 34.5 Å². The maximum Gasteiger partial charge on any atom is 0.267 e. The van der Waals surface area contributed by atoms with Gasteiger partial charge in [0, 0.05) is 10.1 Å². The monoisotopic (exact) mass is 336 g/mol. The lowest BCUT2D eigenvalue weighted by Crippen LogP contribution is -2.12. The first-order valence-electron chi connectivity index (χ1n) is 6.10. The fourth-order valence-electron chi connectivity index (χ4n) is 2.01. The third kappa shape index (κ3) is 2.58. The van der Waals surface area contributed by atoms with Gasteiger partial charge in [0.25, 0.3) is 5.91 Å². The summed E-state index contributed by atoms with van der Waals surface area (Å²) in [7, 11) is 0. The highest BCUT2D eigenvalue weighted by Gasteiger charge is 2.17. The molecule has 0 spiro atoms. The number of benzene rings is 2. The van der Waals surface area contributed by atoms with Crippen LogP contribution in [0.15, 0.2) is 42.5 Å². The summed E-state index contributed by atoms with van der Waals surface area (Å²) in [5, 5.41) is 4.32. The second-order valence-corrected chi connectivity index (χ2v) is 6.23. The highest BCUT2D eigenvalue weighted by atomic mass is 35.5. The van der Waals surface area contributed by atoms with Crippen molar-refractivity contribution in [2.24, 2.45) is 0 Å². The van der Waals surface area contributed by atoms with E-state index in [2.05, 4.69) is 5.32 Å². The van der Waals surface area contributed by atoms with Crippen LogP contribution in [0.4, 0.5) is 11.4 Å². The first-order valence-corrected chi connectivity index (χ1v) is 7.67. The van der Waals surface area contributed by atoms with Crippen LogP contribution in [0.2, 0.25) is 10.0 Å². The van der Waals surface area contributed by atoms with Gasteiger partial charge in [-0.3, -0.25) is 4.79 Å². The van der Waals surface area contributed by atoms with E-state index in [1.165, 1.54) is 11.3 Å². The largest absolute Gasteiger partial charge is 0.397 e. The van der Waals surface area contributed by atoms with Crippen molar-refractivity contribution < 1.29 is 4.79 Å². The molecule has 1 amide bonds. The average molecular weight is 337 g/mol. The van der Waals surface area contributed by atoms with E-state index in [9.17, 15) is 4.79 Å². The summed E-state index contributed by atoms with van der Waals surface area (Å²) in [5.41, 5.74) is 6.99. The quantitative estimate of drug-likeness (QED) is 0.688. The molecule has 0 saturated heterocycles. The second-order valence-electron chi connectivity index (χ2n) is 4.40. The molecule has 0 saturated carbocycles. The summed E-state index contributed by atoms with van der Waals surface area (Å²) in [6.45, 7) is 0. The maximum atomic E-state index is 12.4. The molecule has 3 nitrogen and oxygen atoms in total. The summed E-state index contributed by atoms with van der Waals surface area (Å²) in [6, 6.07) is 12.7. The molecule has 3 rings (SSSR count). The standard InChI is InChI=1S/C15H10Cl2N2OS/c16-9-5-3-6-10(12(9)17)19-15(20)14-13(18)8-4-1-2-7-11(8)21-14/h1-7H,18H2,(H,19,20). The smallest absolute Gasteiger partial charge is 0.267 e. The minimum atomic E-state index is -0.294. The molecule has 3 aromatic rings. The summed E-state index contributed by atoms with van der Waals surface area (Å²) < 4.78 is 0.970. The number of nitrogens with one attached hydrogen (secondary N) is 1. The van der Waals surface area contributed by atoms with Crippen LogP contribution < -0.4 is 11.1 Å². The van der Waals surface area contributed by atoms with Crippen LogP contribution in [-0.2, 0) is 0 Å². The molecule has 1 aromatic heterocycles. The molecule has 106 valence electrons. The van der Waals surface area contributed by atoms with E-state index < -0.39 is 0 Å². The molecular formula is C15H10Cl2N2OS. The third-order valence-corrected chi connectivity index (χ3v) is 5.04. The Morgan fingerprint density at radius 1 is 1.10 bits per heavy atom. The number of rotatable bonds is 2. The van der Waals surface area contributed by atoms with Crippen molar-refractivity contribution in [1.82, 2.24) is 0 Å². The molecule has 6 heteroatoms. The predicted octanol–water partition coefficient (Wildman–Crippen LogP) is 5.04. The number of halogens is 2. The first kappa shape index (κ1) is 14.2. The van der Waals surface area contributed by atoms with Crippen molar-refractivity contribution in [2.75, 3.05) is 11.1 Å². The molecule has 3 N–H and O–H groups in total. The van der Waals surface area contributed by atoms with Gasteiger partial charge in [-0.2, -0.15) is 0 Å². The molecule has 0 aliphatic rings. The van der Waals surface area contributed by atoms with Gasteiger partial charge in [-0.15, -0.1) is 11.3 Å². The number of carbonyl (C=O) groups is 1. The molecule has 21 heavy (non-hydrogen) atoms. The molecule has 0 radical (unpaired) electrons. The summed E-state index contributed by atoms with van der Waals surface area (Å²) >= 11 is 13.4. The van der Waals surface area contributed by atoms with Crippen LogP contribution in [0.3, 0.4) is 0 Å². The highest BCUT2D eigenvalue weighted by Crippen LogP contribution is 2.35. The summed E-state index contributed by atoms with van der Waals surface area (Å²) in [6.07, 6.45) is 0. The number of anilines is 2. The van der Waals surface area contributed by atoms with Gasteiger partial charge >= 0.3 is 0 Å². The normalized spacial score (nSPS) is 10.8. The van der Waals surface area contributed by atoms with E-state index in [4.69, 9.17) is 28.9 Å². The lowest BCUT2D eigenvalue weighted by atomic mass is 10.2. The number of nitrogens with two attached hydrogens (primary N) is 1. The van der Waals surface area contributed by atoms with Gasteiger partial charge in [-0.1, -0.05) is 47.5 Å². The number of carbonyl (C=O) groups excluding carboxylic acids is 1. The predicted molar refractivity (Wildman–Crippen MR) is 90.7 cm³/mol. The maximum absolute atomic E-state index is 12.4. The van der Waals surface area contributed by atoms with Crippen molar-refractivity contribution in [3.05, 3.63) is 57.4 Å². The number of fused-ring (bicyclic) bond motifs is 1. The lowest BCUT2D eigenvalue weighted by Gasteiger charge is -2.07. The number of amides is 1. The Labute approximate surface area is 135 Å². The lowest BCUT2D eigenvalue weighted by molar-refractivity contribution is 0.103. The van der Waals surface area contributed by atoms with E-state index in [1.807, 2.05) is 24.3 Å². The van der Waals surface area contributed by atoms with Crippen LogP contribution in [0.25, 0.3) is 10.1 Å². The van der Waals surface area contributed by atoms with E-state index in [0.717, 1.165) is 10.1 Å². The van der Waals surface area contributed by atoms with Gasteiger partial charge in [0.1, 0.15) is 4.88 Å². The summed E-state index contributed by atoms with van der Waals surface area (Å²) in [4.78, 5) is 12.9. The molecule has 0 atom stereocenters. The van der Waals surface area contributed by atoms with Crippen LogP contribution in [0.1, 0.15) is 9.67 Å². The zero-order valence-corrected chi connectivity index (χ0v) is 13.0. The van der Waals surface area contributed by atoms with Crippen LogP contribution in [0.5, 0.6) is 0 Å². The first-order chi connectivity index (χ1) is 10.1. The van der Waals surface area contributed by atoms with E-state index in [1.54, 1.807) is 18.2 Å². The van der Waals surface area contributed by atoms with E-state index >= 15 is 0 Å². The number of hydrogen-bond donors (Lipinski definition) is 2. The molecule has 2 aromatic carbocycles. The molecule has 0 aliphatic heterocycles. The Hall–Kier alpha value is -1.75. The molecule has 0 unspecified atom stereocenters. The number of thiophene rings is 1. The summed E-state index contributed by atoms with van der Waals surface area (Å²) in [5.74, 6) is -0.294. The van der Waals surface area contributed by atoms with Gasteiger partial charge in [0.15, 0.2) is 0 Å². The SMILES string of the molecule is Nc1c(C(=O)Nc2cccc(Cl)c2Cl)sc2ccccc12. The Kier molecular flexibility index (Phi) is 3.76. The van der Waals surface area contributed by atoms with Gasteiger partial charge in [-0.05, 0) is 18.2 Å². The minimum absolute atomic E-state index is 0.294.